The van der Waals surface area contributed by atoms with Gasteiger partial charge in [-0.1, -0.05) is 6.07 Å². The highest BCUT2D eigenvalue weighted by Gasteiger charge is 2.29. The number of hydrogen-bond donors (Lipinski definition) is 1. The van der Waals surface area contributed by atoms with Gasteiger partial charge in [-0.3, -0.25) is 19.7 Å². The van der Waals surface area contributed by atoms with Gasteiger partial charge in [0.2, 0.25) is 5.91 Å². The molecule has 0 saturated carbocycles. The van der Waals surface area contributed by atoms with Crippen LogP contribution in [0.3, 0.4) is 0 Å². The Bertz CT molecular complexity index is 1030. The number of nitrogens with one attached hydrogen (secondary N) is 1. The number of nitro benzene ring substituents is 1. The van der Waals surface area contributed by atoms with Crippen molar-refractivity contribution in [2.24, 2.45) is 5.92 Å². The molecule has 0 bridgehead atoms. The lowest BCUT2D eigenvalue weighted by Gasteiger charge is -2.31. The molecular weight excluding hydrogens is 416 g/mol. The number of aryl methyl sites for hydroxylation is 1. The summed E-state index contributed by atoms with van der Waals surface area (Å²) in [6, 6.07) is 7.12. The van der Waals surface area contributed by atoms with E-state index < -0.39 is 16.8 Å². The number of hydrogen-bond acceptors (Lipinski definition) is 7. The number of carbonyl (C=O) groups is 3. The number of aromatic nitrogens is 1. The molecule has 2 heterocycles. The summed E-state index contributed by atoms with van der Waals surface area (Å²) in [6.45, 7) is 4.27. The Morgan fingerprint density at radius 3 is 2.47 bits per heavy atom. The first-order chi connectivity index (χ1) is 15.3. The molecule has 0 spiro atoms. The van der Waals surface area contributed by atoms with Crippen LogP contribution in [0.4, 0.5) is 11.5 Å². The van der Waals surface area contributed by atoms with Crippen molar-refractivity contribution in [2.75, 3.05) is 25.0 Å². The van der Waals surface area contributed by atoms with Gasteiger partial charge in [0.05, 0.1) is 17.1 Å². The molecule has 0 atom stereocenters. The van der Waals surface area contributed by atoms with Crippen molar-refractivity contribution in [3.8, 4) is 0 Å². The number of nitrogens with zero attached hydrogens (tertiary/aromatic N) is 3. The Morgan fingerprint density at radius 2 is 1.88 bits per heavy atom. The van der Waals surface area contributed by atoms with Gasteiger partial charge in [0, 0.05) is 42.9 Å². The first-order valence-electron chi connectivity index (χ1n) is 10.3. The van der Waals surface area contributed by atoms with Crippen molar-refractivity contribution in [2.45, 2.75) is 26.7 Å². The monoisotopic (exact) mass is 440 g/mol. The number of amides is 2. The number of esters is 1. The van der Waals surface area contributed by atoms with Crippen molar-refractivity contribution in [1.29, 1.82) is 0 Å². The van der Waals surface area contributed by atoms with Crippen LogP contribution in [0.5, 0.6) is 0 Å². The summed E-state index contributed by atoms with van der Waals surface area (Å²) in [6.07, 6.45) is 2.56. The fraction of sp³-hybridized carbons (Fsp3) is 0.364. The number of rotatable bonds is 6. The van der Waals surface area contributed by atoms with E-state index in [0.717, 1.165) is 17.7 Å². The van der Waals surface area contributed by atoms with Gasteiger partial charge in [0.15, 0.2) is 0 Å². The molecule has 32 heavy (non-hydrogen) atoms. The largest absolute Gasteiger partial charge is 0.462 e. The zero-order chi connectivity index (χ0) is 23.3. The van der Waals surface area contributed by atoms with Crippen LogP contribution in [0.2, 0.25) is 0 Å². The molecule has 10 nitrogen and oxygen atoms in total. The second-order valence-electron chi connectivity index (χ2n) is 7.52. The maximum atomic E-state index is 12.9. The van der Waals surface area contributed by atoms with E-state index in [2.05, 4.69) is 10.3 Å². The third-order valence-electron chi connectivity index (χ3n) is 5.20. The molecule has 1 aromatic heterocycles. The molecule has 1 saturated heterocycles. The van der Waals surface area contributed by atoms with Crippen LogP contribution in [0.1, 0.15) is 46.0 Å². The van der Waals surface area contributed by atoms with E-state index in [0.29, 0.717) is 31.7 Å². The molecule has 2 amide bonds. The SMILES string of the molecule is CCOC(=O)c1cc(C(=O)N2CCC(C(=O)Nc3ccc(C)cn3)CC2)cc([N+](=O)[O-])c1. The van der Waals surface area contributed by atoms with Crippen molar-refractivity contribution >= 4 is 29.3 Å². The highest BCUT2D eigenvalue weighted by Crippen LogP contribution is 2.24. The Balaban J connectivity index is 1.66. The minimum atomic E-state index is -0.731. The molecule has 168 valence electrons. The van der Waals surface area contributed by atoms with Gasteiger partial charge in [0.1, 0.15) is 5.82 Å². The molecule has 1 N–H and O–H groups in total. The highest BCUT2D eigenvalue weighted by molar-refractivity contribution is 5.99. The number of non-ortho nitro benzene ring substituents is 1. The van der Waals surface area contributed by atoms with Gasteiger partial charge in [-0.05, 0) is 44.4 Å². The summed E-state index contributed by atoms with van der Waals surface area (Å²) in [5.41, 5.74) is 0.610. The molecule has 1 aliphatic rings. The molecule has 2 aromatic rings. The number of benzene rings is 1. The van der Waals surface area contributed by atoms with Crippen LogP contribution in [0, 0.1) is 23.0 Å². The summed E-state index contributed by atoms with van der Waals surface area (Å²) in [5.74, 6) is -1.12. The average Bonchev–Trinajstić information content (AvgIpc) is 2.80. The summed E-state index contributed by atoms with van der Waals surface area (Å²) in [7, 11) is 0. The number of ether oxygens (including phenoxy) is 1. The zero-order valence-corrected chi connectivity index (χ0v) is 17.9. The molecule has 1 aromatic carbocycles. The van der Waals surface area contributed by atoms with Crippen LogP contribution >= 0.6 is 0 Å². The number of nitro groups is 1. The van der Waals surface area contributed by atoms with Crippen molar-refractivity contribution in [1.82, 2.24) is 9.88 Å². The van der Waals surface area contributed by atoms with Gasteiger partial charge >= 0.3 is 5.97 Å². The van der Waals surface area contributed by atoms with E-state index in [1.165, 1.54) is 11.0 Å². The lowest BCUT2D eigenvalue weighted by Crippen LogP contribution is -2.41. The normalized spacial score (nSPS) is 14.0. The minimum absolute atomic E-state index is 0.0361. The van der Waals surface area contributed by atoms with E-state index in [1.807, 2.05) is 13.0 Å². The van der Waals surface area contributed by atoms with E-state index >= 15 is 0 Å². The third-order valence-corrected chi connectivity index (χ3v) is 5.20. The van der Waals surface area contributed by atoms with Crippen molar-refractivity contribution < 1.29 is 24.0 Å². The van der Waals surface area contributed by atoms with E-state index in [1.54, 1.807) is 19.2 Å². The summed E-state index contributed by atoms with van der Waals surface area (Å²) >= 11 is 0. The molecule has 0 aliphatic carbocycles. The number of carbonyl (C=O) groups excluding carboxylic acids is 3. The Hall–Kier alpha value is -3.82. The smallest absolute Gasteiger partial charge is 0.338 e. The fourth-order valence-electron chi connectivity index (χ4n) is 3.47. The van der Waals surface area contributed by atoms with Crippen molar-refractivity contribution in [3.05, 3.63) is 63.3 Å². The summed E-state index contributed by atoms with van der Waals surface area (Å²) < 4.78 is 4.90. The minimum Gasteiger partial charge on any atom is -0.462 e. The van der Waals surface area contributed by atoms with E-state index in [9.17, 15) is 24.5 Å². The molecular formula is C22H24N4O6. The van der Waals surface area contributed by atoms with Crippen LogP contribution < -0.4 is 5.32 Å². The maximum Gasteiger partial charge on any atom is 0.338 e. The topological polar surface area (TPSA) is 132 Å². The van der Waals surface area contributed by atoms with Crippen molar-refractivity contribution in [3.63, 3.8) is 0 Å². The summed E-state index contributed by atoms with van der Waals surface area (Å²) in [5, 5.41) is 14.0. The van der Waals surface area contributed by atoms with E-state index in [-0.39, 0.29) is 35.2 Å². The molecule has 1 fully saturated rings. The first-order valence-corrected chi connectivity index (χ1v) is 10.3. The quantitative estimate of drug-likeness (QED) is 0.415. The predicted molar refractivity (Wildman–Crippen MR) is 115 cm³/mol. The number of pyridine rings is 1. The number of anilines is 1. The first kappa shape index (κ1) is 22.9. The number of likely N-dealkylation sites (tertiary alicyclic amines) is 1. The van der Waals surface area contributed by atoms with Crippen LogP contribution in [0.15, 0.2) is 36.5 Å². The predicted octanol–water partition coefficient (Wildman–Crippen LogP) is 2.97. The second kappa shape index (κ2) is 9.99. The zero-order valence-electron chi connectivity index (χ0n) is 17.9. The molecule has 1 aliphatic heterocycles. The molecule has 0 unspecified atom stereocenters. The van der Waals surface area contributed by atoms with E-state index in [4.69, 9.17) is 4.74 Å². The van der Waals surface area contributed by atoms with Gasteiger partial charge in [0.25, 0.3) is 11.6 Å². The molecule has 10 heteroatoms. The Labute approximate surface area is 184 Å². The summed E-state index contributed by atoms with van der Waals surface area (Å²) in [4.78, 5) is 53.8. The highest BCUT2D eigenvalue weighted by atomic mass is 16.6. The Kier molecular flexibility index (Phi) is 7.14. The van der Waals surface area contributed by atoms with Crippen LogP contribution in [-0.2, 0) is 9.53 Å². The maximum absolute atomic E-state index is 12.9. The lowest BCUT2D eigenvalue weighted by atomic mass is 9.95. The average molecular weight is 440 g/mol. The third kappa shape index (κ3) is 5.45. The Morgan fingerprint density at radius 1 is 1.19 bits per heavy atom. The van der Waals surface area contributed by atoms with Gasteiger partial charge in [-0.15, -0.1) is 0 Å². The van der Waals surface area contributed by atoms with Crippen LogP contribution in [0.25, 0.3) is 0 Å². The lowest BCUT2D eigenvalue weighted by molar-refractivity contribution is -0.384. The molecule has 0 radical (unpaired) electrons. The second-order valence-corrected chi connectivity index (χ2v) is 7.52. The van der Waals surface area contributed by atoms with Crippen LogP contribution in [-0.4, -0.2) is 52.3 Å². The fourth-order valence-corrected chi connectivity index (χ4v) is 3.47. The van der Waals surface area contributed by atoms with Gasteiger partial charge < -0.3 is 15.0 Å². The van der Waals surface area contributed by atoms with Gasteiger partial charge in [-0.2, -0.15) is 0 Å². The van der Waals surface area contributed by atoms with Gasteiger partial charge in [-0.25, -0.2) is 9.78 Å². The number of piperidine rings is 1. The standard InChI is InChI=1S/C22H24N4O6/c1-3-32-22(29)17-10-16(11-18(12-17)26(30)31)21(28)25-8-6-15(7-9-25)20(27)24-19-5-4-14(2)13-23-19/h4-5,10-13,15H,3,6-9H2,1-2H3,(H,23,24,27). The molecule has 3 rings (SSSR count).